The van der Waals surface area contributed by atoms with Crippen molar-refractivity contribution >= 4 is 5.97 Å². The lowest BCUT2D eigenvalue weighted by Crippen LogP contribution is -2.40. The van der Waals surface area contributed by atoms with Crippen LogP contribution in [0.3, 0.4) is 0 Å². The van der Waals surface area contributed by atoms with Crippen LogP contribution in [0.2, 0.25) is 0 Å². The molecule has 1 fully saturated rings. The van der Waals surface area contributed by atoms with E-state index in [0.717, 1.165) is 12.0 Å². The maximum atomic E-state index is 11.5. The average molecular weight is 195 g/mol. The van der Waals surface area contributed by atoms with Crippen LogP contribution in [-0.4, -0.2) is 37.1 Å². The first-order chi connectivity index (χ1) is 6.65. The highest BCUT2D eigenvalue weighted by molar-refractivity contribution is 5.90. The van der Waals surface area contributed by atoms with Gasteiger partial charge >= 0.3 is 5.97 Å². The molecular weight excluding hydrogens is 178 g/mol. The Bertz CT molecular complexity index is 285. The number of rotatable bonds is 1. The van der Waals surface area contributed by atoms with E-state index in [1.165, 1.54) is 13.5 Å². The number of ether oxygens (including phenoxy) is 1. The molecule has 2 aliphatic rings. The number of fused-ring (bicyclic) bond motifs is 2. The minimum Gasteiger partial charge on any atom is -0.466 e. The molecule has 2 heterocycles. The van der Waals surface area contributed by atoms with Gasteiger partial charge in [-0.3, -0.25) is 4.90 Å². The van der Waals surface area contributed by atoms with Gasteiger partial charge in [0.2, 0.25) is 0 Å². The number of hydrogen-bond acceptors (Lipinski definition) is 3. The van der Waals surface area contributed by atoms with Crippen molar-refractivity contribution in [3.8, 4) is 0 Å². The number of nitrogens with zero attached hydrogens (tertiary/aromatic N) is 1. The third-order valence-corrected chi connectivity index (χ3v) is 3.55. The smallest absolute Gasteiger partial charge is 0.335 e. The molecule has 3 atom stereocenters. The number of likely N-dealkylation sites (N-methyl/N-ethyl adjacent to an activating group) is 1. The predicted octanol–water partition coefficient (Wildman–Crippen LogP) is 1.20. The van der Waals surface area contributed by atoms with Gasteiger partial charge in [-0.05, 0) is 25.8 Å². The normalized spacial score (nSPS) is 36.8. The second-order valence-electron chi connectivity index (χ2n) is 4.36. The summed E-state index contributed by atoms with van der Waals surface area (Å²) in [4.78, 5) is 13.8. The Balaban J connectivity index is 2.27. The summed E-state index contributed by atoms with van der Waals surface area (Å²) in [6.45, 7) is 2.21. The molecule has 2 bridgehead atoms. The molecule has 2 rings (SSSR count). The van der Waals surface area contributed by atoms with Crippen molar-refractivity contribution in [2.45, 2.75) is 31.8 Å². The Morgan fingerprint density at radius 3 is 3.00 bits per heavy atom. The van der Waals surface area contributed by atoms with Crippen LogP contribution in [0, 0.1) is 5.92 Å². The van der Waals surface area contributed by atoms with E-state index in [1.807, 2.05) is 0 Å². The zero-order valence-corrected chi connectivity index (χ0v) is 8.99. The van der Waals surface area contributed by atoms with E-state index in [4.69, 9.17) is 4.74 Å². The highest BCUT2D eigenvalue weighted by atomic mass is 16.5. The van der Waals surface area contributed by atoms with E-state index in [2.05, 4.69) is 24.9 Å². The third-order valence-electron chi connectivity index (χ3n) is 3.55. The molecule has 0 aromatic heterocycles. The van der Waals surface area contributed by atoms with Gasteiger partial charge in [0, 0.05) is 12.1 Å². The zero-order valence-electron chi connectivity index (χ0n) is 8.99. The van der Waals surface area contributed by atoms with E-state index in [9.17, 15) is 4.79 Å². The third kappa shape index (κ3) is 1.27. The van der Waals surface area contributed by atoms with Crippen molar-refractivity contribution in [3.63, 3.8) is 0 Å². The van der Waals surface area contributed by atoms with Gasteiger partial charge in [0.1, 0.15) is 0 Å². The fourth-order valence-electron chi connectivity index (χ4n) is 2.85. The topological polar surface area (TPSA) is 29.5 Å². The van der Waals surface area contributed by atoms with Crippen LogP contribution < -0.4 is 0 Å². The second-order valence-corrected chi connectivity index (χ2v) is 4.36. The lowest BCUT2D eigenvalue weighted by molar-refractivity contribution is -0.137. The Labute approximate surface area is 84.7 Å². The van der Waals surface area contributed by atoms with Crippen LogP contribution in [0.15, 0.2) is 11.6 Å². The highest BCUT2D eigenvalue weighted by Gasteiger charge is 2.43. The fourth-order valence-corrected chi connectivity index (χ4v) is 2.85. The van der Waals surface area contributed by atoms with E-state index in [-0.39, 0.29) is 12.0 Å². The minimum absolute atomic E-state index is 0.158. The van der Waals surface area contributed by atoms with Gasteiger partial charge in [0.15, 0.2) is 0 Å². The Hall–Kier alpha value is -0.830. The van der Waals surface area contributed by atoms with Crippen LogP contribution in [-0.2, 0) is 9.53 Å². The number of esters is 1. The molecule has 0 N–H and O–H groups in total. The molecule has 0 spiro atoms. The highest BCUT2D eigenvalue weighted by Crippen LogP contribution is 2.38. The summed E-state index contributed by atoms with van der Waals surface area (Å²) in [5, 5.41) is 0. The van der Waals surface area contributed by atoms with Crippen molar-refractivity contribution < 1.29 is 9.53 Å². The molecule has 0 radical (unpaired) electrons. The summed E-state index contributed by atoms with van der Waals surface area (Å²) in [7, 11) is 3.56. The standard InChI is InChI=1S/C11H17NO2/c1-7-6-8-4-5-9(11(13)14-3)10(7)12(8)2/h5,7-8,10H,4,6H2,1-3H3/t7-,8-,10-/m1/s1. The van der Waals surface area contributed by atoms with Crippen LogP contribution in [0.1, 0.15) is 19.8 Å². The molecule has 0 amide bonds. The maximum Gasteiger partial charge on any atom is 0.335 e. The Morgan fingerprint density at radius 2 is 2.36 bits per heavy atom. The largest absolute Gasteiger partial charge is 0.466 e. The molecule has 0 unspecified atom stereocenters. The molecular formula is C11H17NO2. The van der Waals surface area contributed by atoms with Gasteiger partial charge in [-0.2, -0.15) is 0 Å². The summed E-state index contributed by atoms with van der Waals surface area (Å²) in [5.74, 6) is 0.409. The number of hydrogen-bond donors (Lipinski definition) is 0. The quantitative estimate of drug-likeness (QED) is 0.589. The van der Waals surface area contributed by atoms with E-state index in [0.29, 0.717) is 12.0 Å². The number of carbonyl (C=O) groups excluding carboxylic acids is 1. The summed E-state index contributed by atoms with van der Waals surface area (Å²) >= 11 is 0. The first-order valence-corrected chi connectivity index (χ1v) is 5.15. The first-order valence-electron chi connectivity index (χ1n) is 5.15. The number of methoxy groups -OCH3 is 1. The molecule has 2 aliphatic heterocycles. The molecule has 0 aliphatic carbocycles. The Morgan fingerprint density at radius 1 is 1.64 bits per heavy atom. The summed E-state index contributed by atoms with van der Waals surface area (Å²) in [6, 6.07) is 0.907. The van der Waals surface area contributed by atoms with Gasteiger partial charge in [-0.25, -0.2) is 4.79 Å². The molecule has 0 aromatic rings. The van der Waals surface area contributed by atoms with E-state index in [1.54, 1.807) is 0 Å². The second kappa shape index (κ2) is 3.39. The average Bonchev–Trinajstić information content (AvgIpc) is 2.38. The minimum atomic E-state index is -0.158. The van der Waals surface area contributed by atoms with E-state index >= 15 is 0 Å². The van der Waals surface area contributed by atoms with Crippen LogP contribution in [0.4, 0.5) is 0 Å². The van der Waals surface area contributed by atoms with Gasteiger partial charge in [0.25, 0.3) is 0 Å². The Kier molecular flexibility index (Phi) is 2.35. The molecule has 14 heavy (non-hydrogen) atoms. The van der Waals surface area contributed by atoms with Gasteiger partial charge < -0.3 is 4.74 Å². The van der Waals surface area contributed by atoms with Crippen LogP contribution in [0.25, 0.3) is 0 Å². The summed E-state index contributed by atoms with van der Waals surface area (Å²) < 4.78 is 4.80. The first kappa shape index (κ1) is 9.71. The van der Waals surface area contributed by atoms with Crippen molar-refractivity contribution in [2.24, 2.45) is 5.92 Å². The lowest BCUT2D eigenvalue weighted by atomic mass is 9.96. The molecule has 3 heteroatoms. The predicted molar refractivity (Wildman–Crippen MR) is 53.8 cm³/mol. The monoisotopic (exact) mass is 195 g/mol. The summed E-state index contributed by atoms with van der Waals surface area (Å²) in [6.07, 6.45) is 4.24. The van der Waals surface area contributed by atoms with Gasteiger partial charge in [-0.15, -0.1) is 0 Å². The molecule has 1 saturated heterocycles. The van der Waals surface area contributed by atoms with Crippen molar-refractivity contribution in [2.75, 3.05) is 14.2 Å². The zero-order chi connectivity index (χ0) is 10.3. The molecule has 0 aromatic carbocycles. The van der Waals surface area contributed by atoms with Crippen molar-refractivity contribution in [1.82, 2.24) is 4.90 Å². The van der Waals surface area contributed by atoms with Gasteiger partial charge in [0.05, 0.1) is 12.7 Å². The summed E-state index contributed by atoms with van der Waals surface area (Å²) in [5.41, 5.74) is 0.858. The lowest BCUT2D eigenvalue weighted by Gasteiger charge is -2.31. The van der Waals surface area contributed by atoms with Crippen LogP contribution >= 0.6 is 0 Å². The number of carbonyl (C=O) groups is 1. The van der Waals surface area contributed by atoms with Crippen molar-refractivity contribution in [3.05, 3.63) is 11.6 Å². The molecule has 3 nitrogen and oxygen atoms in total. The van der Waals surface area contributed by atoms with Gasteiger partial charge in [-0.1, -0.05) is 13.0 Å². The molecule has 78 valence electrons. The van der Waals surface area contributed by atoms with Crippen molar-refractivity contribution in [1.29, 1.82) is 0 Å². The maximum absolute atomic E-state index is 11.5. The van der Waals surface area contributed by atoms with Crippen LogP contribution in [0.5, 0.6) is 0 Å². The van der Waals surface area contributed by atoms with E-state index < -0.39 is 0 Å². The fraction of sp³-hybridized carbons (Fsp3) is 0.727. The SMILES string of the molecule is COC(=O)C1=CC[C@@H]2C[C@@H](C)[C@H]1N2C. The molecule has 0 saturated carbocycles.